The van der Waals surface area contributed by atoms with Crippen LogP contribution in [0.5, 0.6) is 0 Å². The molecule has 0 saturated heterocycles. The minimum absolute atomic E-state index is 0.0547. The fourth-order valence-corrected chi connectivity index (χ4v) is 4.04. The Balaban J connectivity index is 1.74. The number of rotatable bonds is 5. The number of hydrogen-bond acceptors (Lipinski definition) is 6. The lowest BCUT2D eigenvalue weighted by atomic mass is 10.2. The molecule has 0 unspecified atom stereocenters. The number of nitrogens with one attached hydrogen (secondary N) is 2. The zero-order chi connectivity index (χ0) is 17.8. The highest BCUT2D eigenvalue weighted by Gasteiger charge is 2.14. The maximum Gasteiger partial charge on any atom is 0.257 e. The molecule has 3 aromatic heterocycles. The summed E-state index contributed by atoms with van der Waals surface area (Å²) >= 11 is 3.02. The minimum Gasteiger partial charge on any atom is -0.351 e. The molecule has 0 aliphatic heterocycles. The number of thiophene rings is 1. The first kappa shape index (κ1) is 17.2. The first-order valence-corrected chi connectivity index (χ1v) is 9.18. The molecule has 128 valence electrons. The van der Waals surface area contributed by atoms with Crippen molar-refractivity contribution >= 4 is 39.6 Å². The second kappa shape index (κ2) is 7.54. The van der Waals surface area contributed by atoms with Gasteiger partial charge in [-0.15, -0.1) is 22.7 Å². The predicted octanol–water partition coefficient (Wildman–Crippen LogP) is 3.46. The van der Waals surface area contributed by atoms with E-state index in [-0.39, 0.29) is 11.8 Å². The SMILES string of the molecule is CC(=O)NCc1ccc(-c2nc(NC(=O)c3ccncc3)sc2C)s1. The van der Waals surface area contributed by atoms with Gasteiger partial charge in [-0.05, 0) is 31.2 Å². The van der Waals surface area contributed by atoms with E-state index >= 15 is 0 Å². The van der Waals surface area contributed by atoms with E-state index in [4.69, 9.17) is 0 Å². The van der Waals surface area contributed by atoms with E-state index in [1.807, 2.05) is 19.1 Å². The number of aryl methyl sites for hydroxylation is 1. The Bertz CT molecular complexity index is 903. The predicted molar refractivity (Wildman–Crippen MR) is 99.9 cm³/mol. The summed E-state index contributed by atoms with van der Waals surface area (Å²) in [4.78, 5) is 34.8. The summed E-state index contributed by atoms with van der Waals surface area (Å²) in [6.07, 6.45) is 3.16. The van der Waals surface area contributed by atoms with Crippen LogP contribution in [0.3, 0.4) is 0 Å². The van der Waals surface area contributed by atoms with E-state index in [0.717, 1.165) is 20.3 Å². The topological polar surface area (TPSA) is 84.0 Å². The first-order chi connectivity index (χ1) is 12.0. The van der Waals surface area contributed by atoms with Crippen LogP contribution < -0.4 is 10.6 Å². The van der Waals surface area contributed by atoms with Crippen molar-refractivity contribution in [2.75, 3.05) is 5.32 Å². The van der Waals surface area contributed by atoms with Crippen molar-refractivity contribution in [3.05, 3.63) is 52.0 Å². The van der Waals surface area contributed by atoms with E-state index < -0.39 is 0 Å². The molecule has 3 heterocycles. The van der Waals surface area contributed by atoms with Gasteiger partial charge in [-0.3, -0.25) is 19.9 Å². The smallest absolute Gasteiger partial charge is 0.257 e. The summed E-state index contributed by atoms with van der Waals surface area (Å²) in [6, 6.07) is 7.27. The molecule has 0 aromatic carbocycles. The van der Waals surface area contributed by atoms with Crippen LogP contribution in [0.4, 0.5) is 5.13 Å². The standard InChI is InChI=1S/C17H16N4O2S2/c1-10-15(14-4-3-13(25-14)9-19-11(2)22)20-17(24-10)21-16(23)12-5-7-18-8-6-12/h3-8H,9H2,1-2H3,(H,19,22)(H,20,21,23). The number of amides is 2. The van der Waals surface area contributed by atoms with Gasteiger partial charge in [0.25, 0.3) is 5.91 Å². The van der Waals surface area contributed by atoms with E-state index in [9.17, 15) is 9.59 Å². The number of carbonyl (C=O) groups is 2. The Morgan fingerprint density at radius 1 is 1.12 bits per heavy atom. The van der Waals surface area contributed by atoms with Gasteiger partial charge in [0.2, 0.25) is 5.91 Å². The Hall–Kier alpha value is -2.58. The third kappa shape index (κ3) is 4.28. The van der Waals surface area contributed by atoms with E-state index in [2.05, 4.69) is 20.6 Å². The second-order valence-corrected chi connectivity index (χ2v) is 7.66. The molecule has 0 aliphatic rings. The lowest BCUT2D eigenvalue weighted by Gasteiger charge is -2.00. The van der Waals surface area contributed by atoms with Crippen LogP contribution in [0.25, 0.3) is 10.6 Å². The highest BCUT2D eigenvalue weighted by molar-refractivity contribution is 7.18. The van der Waals surface area contributed by atoms with Crippen LogP contribution in [0.2, 0.25) is 0 Å². The maximum atomic E-state index is 12.2. The molecule has 8 heteroatoms. The van der Waals surface area contributed by atoms with Crippen molar-refractivity contribution in [2.45, 2.75) is 20.4 Å². The number of aromatic nitrogens is 2. The molecule has 0 aliphatic carbocycles. The molecule has 0 saturated carbocycles. The van der Waals surface area contributed by atoms with Gasteiger partial charge in [-0.1, -0.05) is 0 Å². The summed E-state index contributed by atoms with van der Waals surface area (Å²) in [5.74, 6) is -0.263. The molecule has 25 heavy (non-hydrogen) atoms. The molecule has 2 N–H and O–H groups in total. The van der Waals surface area contributed by atoms with Gasteiger partial charge in [-0.2, -0.15) is 0 Å². The van der Waals surface area contributed by atoms with Crippen molar-refractivity contribution in [1.29, 1.82) is 0 Å². The van der Waals surface area contributed by atoms with Gasteiger partial charge >= 0.3 is 0 Å². The Labute approximate surface area is 153 Å². The molecule has 3 rings (SSSR count). The average molecular weight is 372 g/mol. The number of thiazole rings is 1. The summed E-state index contributed by atoms with van der Waals surface area (Å²) in [6.45, 7) is 3.98. The highest BCUT2D eigenvalue weighted by Crippen LogP contribution is 2.34. The van der Waals surface area contributed by atoms with Crippen LogP contribution in [0.1, 0.15) is 27.0 Å². The summed E-state index contributed by atoms with van der Waals surface area (Å²) < 4.78 is 0. The Morgan fingerprint density at radius 2 is 1.88 bits per heavy atom. The summed E-state index contributed by atoms with van der Waals surface area (Å²) in [5.41, 5.74) is 1.40. The lowest BCUT2D eigenvalue weighted by Crippen LogP contribution is -2.17. The normalized spacial score (nSPS) is 10.5. The lowest BCUT2D eigenvalue weighted by molar-refractivity contribution is -0.119. The molecule has 0 spiro atoms. The van der Waals surface area contributed by atoms with Crippen LogP contribution in [0, 0.1) is 6.92 Å². The van der Waals surface area contributed by atoms with E-state index in [0.29, 0.717) is 17.2 Å². The molecule has 0 fully saturated rings. The van der Waals surface area contributed by atoms with Crippen molar-refractivity contribution < 1.29 is 9.59 Å². The van der Waals surface area contributed by atoms with Gasteiger partial charge in [0.15, 0.2) is 5.13 Å². The van der Waals surface area contributed by atoms with Crippen molar-refractivity contribution in [3.8, 4) is 10.6 Å². The van der Waals surface area contributed by atoms with Gasteiger partial charge in [0.05, 0.1) is 17.1 Å². The largest absolute Gasteiger partial charge is 0.351 e. The maximum absolute atomic E-state index is 12.2. The number of anilines is 1. The van der Waals surface area contributed by atoms with Gasteiger partial charge in [0, 0.05) is 34.6 Å². The minimum atomic E-state index is -0.208. The molecule has 2 amide bonds. The summed E-state index contributed by atoms with van der Waals surface area (Å²) in [5, 5.41) is 6.17. The number of hydrogen-bond donors (Lipinski definition) is 2. The average Bonchev–Trinajstić information content (AvgIpc) is 3.20. The zero-order valence-electron chi connectivity index (χ0n) is 13.7. The summed E-state index contributed by atoms with van der Waals surface area (Å²) in [7, 11) is 0. The molecule has 3 aromatic rings. The second-order valence-electron chi connectivity index (χ2n) is 5.29. The van der Waals surface area contributed by atoms with Gasteiger partial charge in [0.1, 0.15) is 0 Å². The van der Waals surface area contributed by atoms with Gasteiger partial charge < -0.3 is 5.32 Å². The molecule has 0 bridgehead atoms. The quantitative estimate of drug-likeness (QED) is 0.718. The van der Waals surface area contributed by atoms with E-state index in [1.54, 1.807) is 35.9 Å². The third-order valence-electron chi connectivity index (χ3n) is 3.37. The monoisotopic (exact) mass is 372 g/mol. The van der Waals surface area contributed by atoms with Crippen molar-refractivity contribution in [2.24, 2.45) is 0 Å². The number of pyridine rings is 1. The van der Waals surface area contributed by atoms with Crippen LogP contribution in [-0.2, 0) is 11.3 Å². The first-order valence-electron chi connectivity index (χ1n) is 7.55. The molecule has 0 atom stereocenters. The Morgan fingerprint density at radius 3 is 2.60 bits per heavy atom. The zero-order valence-corrected chi connectivity index (χ0v) is 15.3. The molecular formula is C17H16N4O2S2. The molecule has 0 radical (unpaired) electrons. The highest BCUT2D eigenvalue weighted by atomic mass is 32.1. The third-order valence-corrected chi connectivity index (χ3v) is 5.34. The fourth-order valence-electron chi connectivity index (χ4n) is 2.16. The number of nitrogens with zero attached hydrogens (tertiary/aromatic N) is 2. The van der Waals surface area contributed by atoms with Crippen molar-refractivity contribution in [1.82, 2.24) is 15.3 Å². The van der Waals surface area contributed by atoms with Crippen LogP contribution in [-0.4, -0.2) is 21.8 Å². The van der Waals surface area contributed by atoms with Crippen LogP contribution >= 0.6 is 22.7 Å². The van der Waals surface area contributed by atoms with Crippen molar-refractivity contribution in [3.63, 3.8) is 0 Å². The fraction of sp³-hybridized carbons (Fsp3) is 0.176. The molecule has 6 nitrogen and oxygen atoms in total. The number of carbonyl (C=O) groups excluding carboxylic acids is 2. The van der Waals surface area contributed by atoms with Gasteiger partial charge in [-0.25, -0.2) is 4.98 Å². The van der Waals surface area contributed by atoms with E-state index in [1.165, 1.54) is 18.3 Å². The van der Waals surface area contributed by atoms with Crippen LogP contribution in [0.15, 0.2) is 36.7 Å². The molecular weight excluding hydrogens is 356 g/mol. The Kier molecular flexibility index (Phi) is 5.20.